The van der Waals surface area contributed by atoms with E-state index in [1.165, 1.54) is 5.56 Å². The van der Waals surface area contributed by atoms with Crippen LogP contribution in [0.4, 0.5) is 5.69 Å². The maximum Gasteiger partial charge on any atom is 0.251 e. The summed E-state index contributed by atoms with van der Waals surface area (Å²) in [6.07, 6.45) is 1.00. The molecule has 108 valence electrons. The number of morpholine rings is 1. The molecule has 0 spiro atoms. The second kappa shape index (κ2) is 6.24. The van der Waals surface area contributed by atoms with Crippen molar-refractivity contribution in [1.29, 1.82) is 0 Å². The first-order chi connectivity index (χ1) is 9.83. The Bertz CT molecular complexity index is 484. The first kappa shape index (κ1) is 13.4. The van der Waals surface area contributed by atoms with Crippen LogP contribution in [0, 0.1) is 0 Å². The second-order valence-electron chi connectivity index (χ2n) is 5.26. The van der Waals surface area contributed by atoms with Crippen molar-refractivity contribution >= 4 is 11.6 Å². The molecule has 0 aliphatic carbocycles. The monoisotopic (exact) mass is 275 g/mol. The SMILES string of the molecule is O=C(NCCN1CCOCC1)c1ccc2c(c1)CCN2. The van der Waals surface area contributed by atoms with Crippen LogP contribution >= 0.6 is 0 Å². The summed E-state index contributed by atoms with van der Waals surface area (Å²) in [4.78, 5) is 14.4. The first-order valence-electron chi connectivity index (χ1n) is 7.28. The Morgan fingerprint density at radius 3 is 3.05 bits per heavy atom. The van der Waals surface area contributed by atoms with Crippen molar-refractivity contribution in [3.63, 3.8) is 0 Å². The summed E-state index contributed by atoms with van der Waals surface area (Å²) in [5.74, 6) is 0.0213. The van der Waals surface area contributed by atoms with Crippen molar-refractivity contribution in [1.82, 2.24) is 10.2 Å². The van der Waals surface area contributed by atoms with E-state index < -0.39 is 0 Å². The minimum absolute atomic E-state index is 0.0213. The lowest BCUT2D eigenvalue weighted by molar-refractivity contribution is 0.0383. The number of fused-ring (bicyclic) bond motifs is 1. The fourth-order valence-corrected chi connectivity index (χ4v) is 2.70. The molecule has 20 heavy (non-hydrogen) atoms. The van der Waals surface area contributed by atoms with Gasteiger partial charge in [0.25, 0.3) is 5.91 Å². The van der Waals surface area contributed by atoms with Gasteiger partial charge in [-0.3, -0.25) is 9.69 Å². The number of carbonyl (C=O) groups is 1. The van der Waals surface area contributed by atoms with Crippen molar-refractivity contribution in [3.8, 4) is 0 Å². The lowest BCUT2D eigenvalue weighted by atomic mass is 10.1. The number of nitrogens with one attached hydrogen (secondary N) is 2. The van der Waals surface area contributed by atoms with Gasteiger partial charge in [0, 0.05) is 44.0 Å². The summed E-state index contributed by atoms with van der Waals surface area (Å²) in [6.45, 7) is 6.06. The van der Waals surface area contributed by atoms with Gasteiger partial charge in [-0.2, -0.15) is 0 Å². The first-order valence-corrected chi connectivity index (χ1v) is 7.28. The van der Waals surface area contributed by atoms with E-state index >= 15 is 0 Å². The van der Waals surface area contributed by atoms with Crippen molar-refractivity contribution in [2.75, 3.05) is 51.3 Å². The molecule has 3 rings (SSSR count). The highest BCUT2D eigenvalue weighted by Crippen LogP contribution is 2.22. The van der Waals surface area contributed by atoms with Crippen LogP contribution in [-0.2, 0) is 11.2 Å². The lowest BCUT2D eigenvalue weighted by Crippen LogP contribution is -2.41. The summed E-state index contributed by atoms with van der Waals surface area (Å²) in [5, 5.41) is 6.30. The van der Waals surface area contributed by atoms with Crippen LogP contribution in [-0.4, -0.2) is 56.7 Å². The Labute approximate surface area is 119 Å². The highest BCUT2D eigenvalue weighted by molar-refractivity contribution is 5.95. The molecule has 0 radical (unpaired) electrons. The van der Waals surface area contributed by atoms with Crippen LogP contribution in [0.15, 0.2) is 18.2 Å². The average Bonchev–Trinajstić information content (AvgIpc) is 2.95. The van der Waals surface area contributed by atoms with E-state index in [1.54, 1.807) is 0 Å². The largest absolute Gasteiger partial charge is 0.384 e. The molecule has 0 unspecified atom stereocenters. The summed E-state index contributed by atoms with van der Waals surface area (Å²) in [6, 6.07) is 5.89. The lowest BCUT2D eigenvalue weighted by Gasteiger charge is -2.26. The predicted molar refractivity (Wildman–Crippen MR) is 78.2 cm³/mol. The van der Waals surface area contributed by atoms with Gasteiger partial charge in [0.05, 0.1) is 13.2 Å². The summed E-state index contributed by atoms with van der Waals surface area (Å²) < 4.78 is 5.30. The molecule has 1 fully saturated rings. The average molecular weight is 275 g/mol. The molecule has 0 saturated carbocycles. The van der Waals surface area contributed by atoms with E-state index in [9.17, 15) is 4.79 Å². The molecule has 1 amide bonds. The van der Waals surface area contributed by atoms with Crippen molar-refractivity contribution in [2.45, 2.75) is 6.42 Å². The van der Waals surface area contributed by atoms with Gasteiger partial charge < -0.3 is 15.4 Å². The normalized spacial score (nSPS) is 18.4. The van der Waals surface area contributed by atoms with Gasteiger partial charge in [-0.15, -0.1) is 0 Å². The third kappa shape index (κ3) is 3.11. The highest BCUT2D eigenvalue weighted by atomic mass is 16.5. The van der Waals surface area contributed by atoms with E-state index in [2.05, 4.69) is 15.5 Å². The summed E-state index contributed by atoms with van der Waals surface area (Å²) >= 11 is 0. The minimum atomic E-state index is 0.0213. The van der Waals surface area contributed by atoms with Crippen molar-refractivity contribution in [2.24, 2.45) is 0 Å². The molecule has 5 nitrogen and oxygen atoms in total. The molecule has 0 aromatic heterocycles. The Balaban J connectivity index is 1.49. The Morgan fingerprint density at radius 1 is 1.35 bits per heavy atom. The van der Waals surface area contributed by atoms with Gasteiger partial charge in [0.2, 0.25) is 0 Å². The fourth-order valence-electron chi connectivity index (χ4n) is 2.70. The molecule has 1 aromatic carbocycles. The third-order valence-electron chi connectivity index (χ3n) is 3.89. The topological polar surface area (TPSA) is 53.6 Å². The van der Waals surface area contributed by atoms with Gasteiger partial charge in [-0.1, -0.05) is 0 Å². The Kier molecular flexibility index (Phi) is 4.18. The predicted octanol–water partition coefficient (Wildman–Crippen LogP) is 0.717. The van der Waals surface area contributed by atoms with Crippen LogP contribution in [0.25, 0.3) is 0 Å². The van der Waals surface area contributed by atoms with Crippen molar-refractivity contribution < 1.29 is 9.53 Å². The highest BCUT2D eigenvalue weighted by Gasteiger charge is 2.14. The Morgan fingerprint density at radius 2 is 2.20 bits per heavy atom. The zero-order chi connectivity index (χ0) is 13.8. The van der Waals surface area contributed by atoms with Gasteiger partial charge >= 0.3 is 0 Å². The Hall–Kier alpha value is -1.59. The zero-order valence-corrected chi connectivity index (χ0v) is 11.7. The second-order valence-corrected chi connectivity index (χ2v) is 5.26. The van der Waals surface area contributed by atoms with E-state index in [4.69, 9.17) is 4.74 Å². The molecule has 0 atom stereocenters. The quantitative estimate of drug-likeness (QED) is 0.850. The van der Waals surface area contributed by atoms with E-state index in [0.29, 0.717) is 6.54 Å². The number of ether oxygens (including phenoxy) is 1. The molecule has 0 bridgehead atoms. The van der Waals surface area contributed by atoms with Crippen LogP contribution in [0.1, 0.15) is 15.9 Å². The number of nitrogens with zero attached hydrogens (tertiary/aromatic N) is 1. The van der Waals surface area contributed by atoms with Gasteiger partial charge in [-0.25, -0.2) is 0 Å². The van der Waals surface area contributed by atoms with Crippen LogP contribution in [0.2, 0.25) is 0 Å². The minimum Gasteiger partial charge on any atom is -0.384 e. The summed E-state index contributed by atoms with van der Waals surface area (Å²) in [5.41, 5.74) is 3.16. The number of rotatable bonds is 4. The maximum atomic E-state index is 12.1. The van der Waals surface area contributed by atoms with Crippen molar-refractivity contribution in [3.05, 3.63) is 29.3 Å². The number of benzene rings is 1. The molecule has 5 heteroatoms. The van der Waals surface area contributed by atoms with Gasteiger partial charge in [-0.05, 0) is 30.2 Å². The number of carbonyl (C=O) groups excluding carboxylic acids is 1. The van der Waals surface area contributed by atoms with Gasteiger partial charge in [0.1, 0.15) is 0 Å². The molecular weight excluding hydrogens is 254 g/mol. The van der Waals surface area contributed by atoms with E-state index in [-0.39, 0.29) is 5.91 Å². The molecule has 2 N–H and O–H groups in total. The molecule has 2 heterocycles. The number of hydrogen-bond acceptors (Lipinski definition) is 4. The van der Waals surface area contributed by atoms with E-state index in [0.717, 1.165) is 57.1 Å². The van der Waals surface area contributed by atoms with Crippen LogP contribution < -0.4 is 10.6 Å². The number of anilines is 1. The maximum absolute atomic E-state index is 12.1. The molecule has 2 aliphatic heterocycles. The molecule has 1 aromatic rings. The van der Waals surface area contributed by atoms with E-state index in [1.807, 2.05) is 18.2 Å². The standard InChI is InChI=1S/C15H21N3O2/c19-15(17-5-6-18-7-9-20-10-8-18)13-1-2-14-12(11-13)3-4-16-14/h1-2,11,16H,3-10H2,(H,17,19). The van der Waals surface area contributed by atoms with Crippen LogP contribution in [0.5, 0.6) is 0 Å². The zero-order valence-electron chi connectivity index (χ0n) is 11.7. The number of amides is 1. The molecule has 2 aliphatic rings. The third-order valence-corrected chi connectivity index (χ3v) is 3.89. The fraction of sp³-hybridized carbons (Fsp3) is 0.533. The van der Waals surface area contributed by atoms with Crippen LogP contribution in [0.3, 0.4) is 0 Å². The molecular formula is C15H21N3O2. The van der Waals surface area contributed by atoms with Gasteiger partial charge in [0.15, 0.2) is 0 Å². The number of hydrogen-bond donors (Lipinski definition) is 2. The molecule has 1 saturated heterocycles. The summed E-state index contributed by atoms with van der Waals surface area (Å²) in [7, 11) is 0. The smallest absolute Gasteiger partial charge is 0.251 e.